The van der Waals surface area contributed by atoms with Crippen LogP contribution in [0.2, 0.25) is 0 Å². The molecule has 2 aromatic rings. The lowest BCUT2D eigenvalue weighted by atomic mass is 10.2. The molecule has 0 radical (unpaired) electrons. The largest absolute Gasteiger partial charge is 0.354 e. The summed E-state index contributed by atoms with van der Waals surface area (Å²) in [6.07, 6.45) is 0. The minimum absolute atomic E-state index is 0.218. The average molecular weight is 289 g/mol. The molecule has 4 heteroatoms. The summed E-state index contributed by atoms with van der Waals surface area (Å²) in [6, 6.07) is 15.6. The van der Waals surface area contributed by atoms with Crippen LogP contribution in [0.3, 0.4) is 0 Å². The van der Waals surface area contributed by atoms with Crippen LogP contribution in [0.15, 0.2) is 48.5 Å². The van der Waals surface area contributed by atoms with Gasteiger partial charge in [0, 0.05) is 5.69 Å². The number of rotatable bonds is 4. The van der Waals surface area contributed by atoms with Gasteiger partial charge >= 0.3 is 0 Å². The molecule has 1 unspecified atom stereocenters. The van der Waals surface area contributed by atoms with Crippen LogP contribution in [-0.2, 0) is 4.79 Å². The minimum atomic E-state index is -0.567. The van der Waals surface area contributed by atoms with Gasteiger partial charge in [0.2, 0.25) is 5.91 Å². The van der Waals surface area contributed by atoms with Gasteiger partial charge < -0.3 is 10.6 Å². The topological polar surface area (TPSA) is 41.1 Å². The first-order valence-corrected chi connectivity index (χ1v) is 6.87. The molecule has 104 valence electrons. The SMILES string of the molecule is Cc1ccc(Nc2ccccc2NC(=O)C(C)Cl)cc1. The zero-order valence-corrected chi connectivity index (χ0v) is 12.2. The highest BCUT2D eigenvalue weighted by molar-refractivity contribution is 6.32. The van der Waals surface area contributed by atoms with Crippen LogP contribution >= 0.6 is 11.6 Å². The highest BCUT2D eigenvalue weighted by Crippen LogP contribution is 2.25. The first-order chi connectivity index (χ1) is 9.56. The fourth-order valence-corrected chi connectivity index (χ4v) is 1.78. The van der Waals surface area contributed by atoms with Crippen molar-refractivity contribution < 1.29 is 4.79 Å². The molecule has 0 spiro atoms. The number of hydrogen-bond donors (Lipinski definition) is 2. The maximum Gasteiger partial charge on any atom is 0.242 e. The van der Waals surface area contributed by atoms with Crippen molar-refractivity contribution in [2.24, 2.45) is 0 Å². The van der Waals surface area contributed by atoms with E-state index in [9.17, 15) is 4.79 Å². The molecule has 0 aliphatic heterocycles. The fourth-order valence-electron chi connectivity index (χ4n) is 1.73. The van der Waals surface area contributed by atoms with Gasteiger partial charge in [-0.1, -0.05) is 29.8 Å². The Morgan fingerprint density at radius 1 is 1.05 bits per heavy atom. The summed E-state index contributed by atoms with van der Waals surface area (Å²) in [6.45, 7) is 3.69. The quantitative estimate of drug-likeness (QED) is 0.823. The first kappa shape index (κ1) is 14.4. The molecule has 1 amide bonds. The Labute approximate surface area is 124 Å². The maximum absolute atomic E-state index is 11.7. The number of carbonyl (C=O) groups excluding carboxylic acids is 1. The standard InChI is InChI=1S/C16H17ClN2O/c1-11-7-9-13(10-8-11)18-14-5-3-4-6-15(14)19-16(20)12(2)17/h3-10,12,18H,1-2H3,(H,19,20). The van der Waals surface area contributed by atoms with Crippen LogP contribution in [0.25, 0.3) is 0 Å². The third-order valence-corrected chi connectivity index (χ3v) is 3.07. The molecule has 0 aromatic heterocycles. The number of halogens is 1. The fraction of sp³-hybridized carbons (Fsp3) is 0.188. The van der Waals surface area contributed by atoms with Crippen LogP contribution in [0.5, 0.6) is 0 Å². The molecular formula is C16H17ClN2O. The van der Waals surface area contributed by atoms with Crippen molar-refractivity contribution in [2.75, 3.05) is 10.6 Å². The molecule has 0 aliphatic carbocycles. The number of anilines is 3. The van der Waals surface area contributed by atoms with E-state index in [0.717, 1.165) is 11.4 Å². The molecule has 3 nitrogen and oxygen atoms in total. The van der Waals surface area contributed by atoms with E-state index in [-0.39, 0.29) is 5.91 Å². The van der Waals surface area contributed by atoms with E-state index < -0.39 is 5.38 Å². The molecule has 0 aliphatic rings. The number of nitrogens with one attached hydrogen (secondary N) is 2. The van der Waals surface area contributed by atoms with Crippen LogP contribution in [0, 0.1) is 6.92 Å². The Balaban J connectivity index is 2.19. The Bertz CT molecular complexity index is 594. The molecular weight excluding hydrogens is 272 g/mol. The third-order valence-electron chi connectivity index (χ3n) is 2.88. The Morgan fingerprint density at radius 2 is 1.65 bits per heavy atom. The number of amides is 1. The van der Waals surface area contributed by atoms with Gasteiger partial charge in [0.25, 0.3) is 0 Å². The van der Waals surface area contributed by atoms with Crippen molar-refractivity contribution >= 4 is 34.6 Å². The summed E-state index contributed by atoms with van der Waals surface area (Å²) in [5.41, 5.74) is 3.72. The molecule has 1 atom stereocenters. The van der Waals surface area contributed by atoms with Crippen molar-refractivity contribution in [3.63, 3.8) is 0 Å². The van der Waals surface area contributed by atoms with E-state index in [1.54, 1.807) is 6.92 Å². The van der Waals surface area contributed by atoms with Gasteiger partial charge in [-0.15, -0.1) is 11.6 Å². The number of alkyl halides is 1. The van der Waals surface area contributed by atoms with Crippen molar-refractivity contribution in [3.05, 3.63) is 54.1 Å². The van der Waals surface area contributed by atoms with Gasteiger partial charge in [0.15, 0.2) is 0 Å². The van der Waals surface area contributed by atoms with Crippen LogP contribution in [-0.4, -0.2) is 11.3 Å². The van der Waals surface area contributed by atoms with Gasteiger partial charge in [-0.3, -0.25) is 4.79 Å². The third kappa shape index (κ3) is 3.75. The van der Waals surface area contributed by atoms with E-state index in [4.69, 9.17) is 11.6 Å². The van der Waals surface area contributed by atoms with Gasteiger partial charge in [-0.05, 0) is 38.1 Å². The molecule has 2 aromatic carbocycles. The predicted molar refractivity (Wildman–Crippen MR) is 84.8 cm³/mol. The number of hydrogen-bond acceptors (Lipinski definition) is 2. The summed E-state index contributed by atoms with van der Waals surface area (Å²) >= 11 is 5.78. The zero-order chi connectivity index (χ0) is 14.5. The molecule has 0 fully saturated rings. The predicted octanol–water partition coefficient (Wildman–Crippen LogP) is 4.30. The summed E-state index contributed by atoms with van der Waals surface area (Å²) in [4.78, 5) is 11.7. The Kier molecular flexibility index (Phi) is 4.64. The first-order valence-electron chi connectivity index (χ1n) is 6.44. The Morgan fingerprint density at radius 3 is 2.25 bits per heavy atom. The van der Waals surface area contributed by atoms with Crippen molar-refractivity contribution in [3.8, 4) is 0 Å². The lowest BCUT2D eigenvalue weighted by Gasteiger charge is -2.14. The summed E-state index contributed by atoms with van der Waals surface area (Å²) in [5.74, 6) is -0.218. The lowest BCUT2D eigenvalue weighted by Crippen LogP contribution is -2.20. The molecule has 20 heavy (non-hydrogen) atoms. The second-order valence-electron chi connectivity index (χ2n) is 4.64. The molecule has 0 saturated carbocycles. The molecule has 0 saturated heterocycles. The summed E-state index contributed by atoms with van der Waals surface area (Å²) in [7, 11) is 0. The van der Waals surface area contributed by atoms with Crippen LogP contribution in [0.4, 0.5) is 17.1 Å². The lowest BCUT2D eigenvalue weighted by molar-refractivity contribution is -0.115. The van der Waals surface area contributed by atoms with E-state index in [1.807, 2.05) is 55.5 Å². The number of carbonyl (C=O) groups is 1. The van der Waals surface area contributed by atoms with Gasteiger partial charge in [-0.2, -0.15) is 0 Å². The van der Waals surface area contributed by atoms with E-state index in [1.165, 1.54) is 5.56 Å². The number of aryl methyl sites for hydroxylation is 1. The van der Waals surface area contributed by atoms with Crippen molar-refractivity contribution in [1.82, 2.24) is 0 Å². The monoisotopic (exact) mass is 288 g/mol. The maximum atomic E-state index is 11.7. The highest BCUT2D eigenvalue weighted by Gasteiger charge is 2.11. The van der Waals surface area contributed by atoms with Gasteiger partial charge in [0.05, 0.1) is 11.4 Å². The van der Waals surface area contributed by atoms with E-state index in [2.05, 4.69) is 10.6 Å². The van der Waals surface area contributed by atoms with E-state index >= 15 is 0 Å². The Hall–Kier alpha value is -2.00. The molecule has 2 rings (SSSR count). The highest BCUT2D eigenvalue weighted by atomic mass is 35.5. The molecule has 0 heterocycles. The summed E-state index contributed by atoms with van der Waals surface area (Å²) in [5, 5.41) is 5.53. The van der Waals surface area contributed by atoms with Gasteiger partial charge in [-0.25, -0.2) is 0 Å². The van der Waals surface area contributed by atoms with Crippen LogP contribution < -0.4 is 10.6 Å². The second-order valence-corrected chi connectivity index (χ2v) is 5.30. The molecule has 0 bridgehead atoms. The average Bonchev–Trinajstić information content (AvgIpc) is 2.43. The van der Waals surface area contributed by atoms with Crippen LogP contribution in [0.1, 0.15) is 12.5 Å². The number of para-hydroxylation sites is 2. The van der Waals surface area contributed by atoms with E-state index in [0.29, 0.717) is 5.69 Å². The minimum Gasteiger partial charge on any atom is -0.354 e. The van der Waals surface area contributed by atoms with Gasteiger partial charge in [0.1, 0.15) is 5.38 Å². The number of benzene rings is 2. The normalized spacial score (nSPS) is 11.8. The molecule has 2 N–H and O–H groups in total. The van der Waals surface area contributed by atoms with Crippen molar-refractivity contribution in [1.29, 1.82) is 0 Å². The second kappa shape index (κ2) is 6.44. The van der Waals surface area contributed by atoms with Crippen molar-refractivity contribution in [2.45, 2.75) is 19.2 Å². The summed E-state index contributed by atoms with van der Waals surface area (Å²) < 4.78 is 0. The smallest absolute Gasteiger partial charge is 0.242 e. The zero-order valence-electron chi connectivity index (χ0n) is 11.5.